The first-order valence-electron chi connectivity index (χ1n) is 8.81. The van der Waals surface area contributed by atoms with Crippen molar-refractivity contribution in [2.45, 2.75) is 11.8 Å². The van der Waals surface area contributed by atoms with Gasteiger partial charge < -0.3 is 15.4 Å². The van der Waals surface area contributed by atoms with E-state index in [2.05, 4.69) is 15.4 Å². The van der Waals surface area contributed by atoms with Crippen molar-refractivity contribution in [3.8, 4) is 0 Å². The van der Waals surface area contributed by atoms with Crippen LogP contribution in [0.5, 0.6) is 0 Å². The summed E-state index contributed by atoms with van der Waals surface area (Å²) in [5.41, 5.74) is 1.15. The molecule has 0 unspecified atom stereocenters. The van der Waals surface area contributed by atoms with E-state index in [0.717, 1.165) is 12.1 Å². The fourth-order valence-electron chi connectivity index (χ4n) is 2.26. The van der Waals surface area contributed by atoms with Crippen molar-refractivity contribution < 1.29 is 31.9 Å². The second-order valence-electron chi connectivity index (χ2n) is 6.15. The number of hydrogen-bond acceptors (Lipinski definition) is 6. The van der Waals surface area contributed by atoms with Gasteiger partial charge in [-0.25, -0.2) is 12.8 Å². The summed E-state index contributed by atoms with van der Waals surface area (Å²) in [6, 6.07) is 9.60. The Morgan fingerprint density at radius 3 is 2.45 bits per heavy atom. The Labute approximate surface area is 183 Å². The maximum Gasteiger partial charge on any atom is 0.321 e. The molecule has 2 rings (SSSR count). The molecule has 0 aromatic heterocycles. The van der Waals surface area contributed by atoms with Crippen LogP contribution in [0, 0.1) is 12.7 Å². The summed E-state index contributed by atoms with van der Waals surface area (Å²) in [4.78, 5) is 34.6. The molecular weight excluding hydrogens is 453 g/mol. The Balaban J connectivity index is 1.73. The number of anilines is 1. The lowest BCUT2D eigenvalue weighted by Gasteiger charge is -2.10. The zero-order valence-corrected chi connectivity index (χ0v) is 17.8. The van der Waals surface area contributed by atoms with Crippen LogP contribution in [0.15, 0.2) is 47.4 Å². The molecule has 0 atom stereocenters. The number of hydrogen-bond donors (Lipinski definition) is 3. The van der Waals surface area contributed by atoms with Crippen LogP contribution in [0.4, 0.5) is 10.1 Å². The van der Waals surface area contributed by atoms with Crippen molar-refractivity contribution >= 4 is 45.1 Å². The van der Waals surface area contributed by atoms with E-state index in [1.165, 1.54) is 12.1 Å². The van der Waals surface area contributed by atoms with Crippen LogP contribution in [0.2, 0.25) is 5.02 Å². The van der Waals surface area contributed by atoms with E-state index in [0.29, 0.717) is 16.3 Å². The molecule has 0 fully saturated rings. The van der Waals surface area contributed by atoms with Crippen molar-refractivity contribution in [1.29, 1.82) is 0 Å². The van der Waals surface area contributed by atoms with E-state index in [1.54, 1.807) is 25.1 Å². The molecule has 31 heavy (non-hydrogen) atoms. The number of carbonyl (C=O) groups excluding carboxylic acids is 3. The summed E-state index contributed by atoms with van der Waals surface area (Å²) in [6.45, 7) is -0.207. The van der Waals surface area contributed by atoms with Gasteiger partial charge in [0.25, 0.3) is 5.91 Å². The predicted octanol–water partition coefficient (Wildman–Crippen LogP) is 1.36. The Hall–Kier alpha value is -3.02. The highest BCUT2D eigenvalue weighted by molar-refractivity contribution is 7.89. The van der Waals surface area contributed by atoms with Gasteiger partial charge in [-0.2, -0.15) is 4.72 Å². The van der Waals surface area contributed by atoms with Crippen molar-refractivity contribution in [3.05, 3.63) is 58.9 Å². The largest absolute Gasteiger partial charge is 0.455 e. The van der Waals surface area contributed by atoms with Crippen molar-refractivity contribution in [2.75, 3.05) is 25.0 Å². The summed E-state index contributed by atoms with van der Waals surface area (Å²) in [7, 11) is -4.27. The van der Waals surface area contributed by atoms with Gasteiger partial charge in [0.2, 0.25) is 15.9 Å². The number of nitrogens with one attached hydrogen (secondary N) is 3. The first-order chi connectivity index (χ1) is 14.6. The molecule has 0 saturated carbocycles. The van der Waals surface area contributed by atoms with Gasteiger partial charge in [-0.15, -0.1) is 0 Å². The summed E-state index contributed by atoms with van der Waals surface area (Å²) >= 11 is 5.96. The summed E-state index contributed by atoms with van der Waals surface area (Å²) < 4.78 is 44.0. The smallest absolute Gasteiger partial charge is 0.321 e. The molecule has 0 bridgehead atoms. The first-order valence-corrected chi connectivity index (χ1v) is 10.7. The Bertz CT molecular complexity index is 1090. The molecule has 12 heteroatoms. The molecular formula is C19H19ClFN3O6S. The highest BCUT2D eigenvalue weighted by Crippen LogP contribution is 2.22. The predicted molar refractivity (Wildman–Crippen MR) is 110 cm³/mol. The number of ether oxygens (including phenoxy) is 1. The Morgan fingerprint density at radius 2 is 1.74 bits per heavy atom. The lowest BCUT2D eigenvalue weighted by molar-refractivity contribution is -0.147. The third-order valence-corrected chi connectivity index (χ3v) is 5.73. The van der Waals surface area contributed by atoms with Crippen LogP contribution in [-0.4, -0.2) is 45.9 Å². The van der Waals surface area contributed by atoms with Gasteiger partial charge in [-0.3, -0.25) is 14.4 Å². The molecule has 2 amide bonds. The van der Waals surface area contributed by atoms with Gasteiger partial charge in [-0.05, 0) is 36.8 Å². The molecule has 3 N–H and O–H groups in total. The second-order valence-corrected chi connectivity index (χ2v) is 8.30. The fraction of sp³-hybridized carbons (Fsp3) is 0.211. The van der Waals surface area contributed by atoms with Crippen molar-refractivity contribution in [1.82, 2.24) is 10.0 Å². The van der Waals surface area contributed by atoms with E-state index >= 15 is 0 Å². The molecule has 0 aliphatic rings. The SMILES string of the molecule is Cc1c(Cl)cccc1NC(=O)CNC(=O)COC(=O)CNS(=O)(=O)c1ccccc1F. The molecule has 0 aliphatic carbocycles. The zero-order valence-electron chi connectivity index (χ0n) is 16.3. The highest BCUT2D eigenvalue weighted by Gasteiger charge is 2.20. The number of sulfonamides is 1. The number of benzene rings is 2. The number of esters is 1. The van der Waals surface area contributed by atoms with Crippen molar-refractivity contribution in [3.63, 3.8) is 0 Å². The Kier molecular flexibility index (Phi) is 8.48. The highest BCUT2D eigenvalue weighted by atomic mass is 35.5. The van der Waals surface area contributed by atoms with Gasteiger partial charge >= 0.3 is 5.97 Å². The molecule has 166 valence electrons. The number of carbonyl (C=O) groups is 3. The Morgan fingerprint density at radius 1 is 1.03 bits per heavy atom. The van der Waals surface area contributed by atoms with E-state index < -0.39 is 51.7 Å². The minimum absolute atomic E-state index is 0.387. The lowest BCUT2D eigenvalue weighted by Crippen LogP contribution is -2.37. The molecule has 9 nitrogen and oxygen atoms in total. The van der Waals surface area contributed by atoms with Crippen LogP contribution < -0.4 is 15.4 Å². The summed E-state index contributed by atoms with van der Waals surface area (Å²) in [6.07, 6.45) is 0. The third kappa shape index (κ3) is 7.31. The van der Waals surface area contributed by atoms with E-state index in [9.17, 15) is 27.2 Å². The van der Waals surface area contributed by atoms with Gasteiger partial charge in [-0.1, -0.05) is 29.8 Å². The quantitative estimate of drug-likeness (QED) is 0.473. The van der Waals surface area contributed by atoms with Gasteiger partial charge in [0.05, 0.1) is 6.54 Å². The van der Waals surface area contributed by atoms with Crippen LogP contribution in [0.3, 0.4) is 0 Å². The van der Waals surface area contributed by atoms with E-state index in [-0.39, 0.29) is 6.54 Å². The normalized spacial score (nSPS) is 10.9. The van der Waals surface area contributed by atoms with Gasteiger partial charge in [0.1, 0.15) is 17.3 Å². The van der Waals surface area contributed by atoms with Crippen molar-refractivity contribution in [2.24, 2.45) is 0 Å². The minimum Gasteiger partial charge on any atom is -0.455 e. The standard InChI is InChI=1S/C19H19ClFN3O6S/c1-12-13(20)5-4-7-15(12)24-17(25)9-22-18(26)11-30-19(27)10-23-31(28,29)16-8-3-2-6-14(16)21/h2-8,23H,9-11H2,1H3,(H,22,26)(H,24,25). The number of halogens is 2. The van der Waals surface area contributed by atoms with Crippen LogP contribution in [0.1, 0.15) is 5.56 Å². The topological polar surface area (TPSA) is 131 Å². The van der Waals surface area contributed by atoms with Crippen LogP contribution in [0.25, 0.3) is 0 Å². The molecule has 0 heterocycles. The average Bonchev–Trinajstić information content (AvgIpc) is 2.73. The molecule has 0 radical (unpaired) electrons. The number of rotatable bonds is 9. The summed E-state index contributed by atoms with van der Waals surface area (Å²) in [5.74, 6) is -3.34. The van der Waals surface area contributed by atoms with Gasteiger partial charge in [0, 0.05) is 10.7 Å². The third-order valence-electron chi connectivity index (χ3n) is 3.88. The van der Waals surface area contributed by atoms with Gasteiger partial charge in [0.15, 0.2) is 6.61 Å². The first kappa shape index (κ1) is 24.3. The van der Waals surface area contributed by atoms with Crippen LogP contribution >= 0.6 is 11.6 Å². The average molecular weight is 472 g/mol. The summed E-state index contributed by atoms with van der Waals surface area (Å²) in [5, 5.41) is 5.30. The van der Waals surface area contributed by atoms with Crippen LogP contribution in [-0.2, 0) is 29.1 Å². The zero-order chi connectivity index (χ0) is 23.0. The van der Waals surface area contributed by atoms with E-state index in [1.807, 2.05) is 4.72 Å². The monoisotopic (exact) mass is 471 g/mol. The van der Waals surface area contributed by atoms with E-state index in [4.69, 9.17) is 11.6 Å². The molecule has 2 aromatic rings. The molecule has 0 spiro atoms. The number of amides is 2. The second kappa shape index (κ2) is 10.8. The molecule has 0 saturated heterocycles. The maximum absolute atomic E-state index is 13.6. The fourth-order valence-corrected chi connectivity index (χ4v) is 3.48. The maximum atomic E-state index is 13.6. The minimum atomic E-state index is -4.27. The molecule has 2 aromatic carbocycles. The lowest BCUT2D eigenvalue weighted by atomic mass is 10.2. The molecule has 0 aliphatic heterocycles.